The van der Waals surface area contributed by atoms with Crippen molar-refractivity contribution in [3.8, 4) is 11.5 Å². The fourth-order valence-corrected chi connectivity index (χ4v) is 2.53. The van der Waals surface area contributed by atoms with Gasteiger partial charge in [-0.1, -0.05) is 0 Å². The number of nitrogens with zero attached hydrogens (tertiary/aromatic N) is 1. The van der Waals surface area contributed by atoms with Gasteiger partial charge >= 0.3 is 5.97 Å². The summed E-state index contributed by atoms with van der Waals surface area (Å²) in [4.78, 5) is 22.7. The lowest BCUT2D eigenvalue weighted by Crippen LogP contribution is -2.26. The first-order valence-electron chi connectivity index (χ1n) is 8.03. The molecule has 8 nitrogen and oxygen atoms in total. The van der Waals surface area contributed by atoms with E-state index in [4.69, 9.17) is 18.9 Å². The summed E-state index contributed by atoms with van der Waals surface area (Å²) in [5.74, 6) is -0.371. The van der Waals surface area contributed by atoms with Crippen molar-refractivity contribution in [2.24, 2.45) is 0 Å². The van der Waals surface area contributed by atoms with Crippen molar-refractivity contribution in [1.82, 2.24) is 0 Å². The second-order valence-electron chi connectivity index (χ2n) is 5.78. The van der Waals surface area contributed by atoms with Crippen LogP contribution in [-0.2, 0) is 27.5 Å². The average molecular weight is 377 g/mol. The molecule has 27 heavy (non-hydrogen) atoms. The number of non-ortho nitro benzene ring substituents is 1. The minimum absolute atomic E-state index is 0.00976. The summed E-state index contributed by atoms with van der Waals surface area (Å²) in [7, 11) is 0. The number of nitro groups is 1. The lowest BCUT2D eigenvalue weighted by molar-refractivity contribution is -0.385. The molecule has 0 N–H and O–H groups in total. The molecular formula is C18H16FNO7. The number of fused-ring (bicyclic) bond motifs is 1. The largest absolute Gasteiger partial charge is 0.479 e. The maximum atomic E-state index is 12.9. The lowest BCUT2D eigenvalue weighted by Gasteiger charge is -2.21. The van der Waals surface area contributed by atoms with Crippen LogP contribution >= 0.6 is 0 Å². The number of carbonyl (C=O) groups excluding carboxylic acids is 1. The first-order valence-corrected chi connectivity index (χ1v) is 8.03. The molecule has 0 fully saturated rings. The highest BCUT2D eigenvalue weighted by Crippen LogP contribution is 2.33. The van der Waals surface area contributed by atoms with E-state index in [9.17, 15) is 19.3 Å². The Bertz CT molecular complexity index is 854. The smallest absolute Gasteiger partial charge is 0.347 e. The van der Waals surface area contributed by atoms with E-state index in [0.29, 0.717) is 22.6 Å². The number of benzene rings is 2. The molecular weight excluding hydrogens is 361 g/mol. The highest BCUT2D eigenvalue weighted by atomic mass is 19.1. The van der Waals surface area contributed by atoms with Crippen LogP contribution in [0.2, 0.25) is 0 Å². The Morgan fingerprint density at radius 3 is 2.78 bits per heavy atom. The summed E-state index contributed by atoms with van der Waals surface area (Å²) < 4.78 is 34.0. The van der Waals surface area contributed by atoms with Crippen LogP contribution in [0.15, 0.2) is 36.4 Å². The zero-order valence-electron chi connectivity index (χ0n) is 14.3. The Morgan fingerprint density at radius 2 is 2.07 bits per heavy atom. The molecule has 1 aliphatic rings. The van der Waals surface area contributed by atoms with Gasteiger partial charge in [0.05, 0.1) is 11.5 Å². The Hall–Kier alpha value is -3.20. The third kappa shape index (κ3) is 4.50. The maximum absolute atomic E-state index is 12.9. The summed E-state index contributed by atoms with van der Waals surface area (Å²) in [5.41, 5.74) is 0.728. The minimum atomic E-state index is -0.950. The minimum Gasteiger partial charge on any atom is -0.479 e. The molecule has 142 valence electrons. The zero-order chi connectivity index (χ0) is 19.4. The molecule has 0 aliphatic carbocycles. The van der Waals surface area contributed by atoms with Crippen LogP contribution in [-0.4, -0.2) is 23.8 Å². The lowest BCUT2D eigenvalue weighted by atomic mass is 10.1. The molecule has 0 spiro atoms. The monoisotopic (exact) mass is 377 g/mol. The van der Waals surface area contributed by atoms with E-state index in [1.54, 1.807) is 0 Å². The second kappa shape index (κ2) is 8.00. The second-order valence-corrected chi connectivity index (χ2v) is 5.78. The Labute approximate surface area is 153 Å². The molecule has 0 amide bonds. The SMILES string of the molecule is C[C@@H](Oc1ccc(F)cc1)C(=O)OCc1cc([N+](=O)[O-])cc2c1OCOC2. The van der Waals surface area contributed by atoms with Crippen molar-refractivity contribution in [2.45, 2.75) is 26.2 Å². The summed E-state index contributed by atoms with van der Waals surface area (Å²) >= 11 is 0. The number of halogens is 1. The zero-order valence-corrected chi connectivity index (χ0v) is 14.3. The molecule has 2 aromatic rings. The van der Waals surface area contributed by atoms with E-state index in [1.165, 1.54) is 43.3 Å². The van der Waals surface area contributed by atoms with Crippen molar-refractivity contribution in [3.05, 3.63) is 63.5 Å². The van der Waals surface area contributed by atoms with Crippen molar-refractivity contribution in [3.63, 3.8) is 0 Å². The van der Waals surface area contributed by atoms with Crippen molar-refractivity contribution >= 4 is 11.7 Å². The third-order valence-corrected chi connectivity index (χ3v) is 3.81. The predicted octanol–water partition coefficient (Wildman–Crippen LogP) is 3.11. The van der Waals surface area contributed by atoms with Gasteiger partial charge in [-0.15, -0.1) is 0 Å². The number of nitro benzene ring substituents is 1. The number of hydrogen-bond acceptors (Lipinski definition) is 7. The first-order chi connectivity index (χ1) is 12.9. The summed E-state index contributed by atoms with van der Waals surface area (Å²) in [6, 6.07) is 7.86. The molecule has 0 saturated heterocycles. The number of hydrogen-bond donors (Lipinski definition) is 0. The molecule has 1 heterocycles. The molecule has 0 unspecified atom stereocenters. The molecule has 0 aromatic heterocycles. The third-order valence-electron chi connectivity index (χ3n) is 3.81. The predicted molar refractivity (Wildman–Crippen MR) is 89.7 cm³/mol. The van der Waals surface area contributed by atoms with Crippen LogP contribution < -0.4 is 9.47 Å². The molecule has 0 saturated carbocycles. The van der Waals surface area contributed by atoms with Gasteiger partial charge in [0.15, 0.2) is 12.9 Å². The molecule has 0 radical (unpaired) electrons. The molecule has 2 aromatic carbocycles. The van der Waals surface area contributed by atoms with Gasteiger partial charge in [0.25, 0.3) is 5.69 Å². The molecule has 9 heteroatoms. The van der Waals surface area contributed by atoms with Gasteiger partial charge in [0.2, 0.25) is 0 Å². The quantitative estimate of drug-likeness (QED) is 0.433. The summed E-state index contributed by atoms with van der Waals surface area (Å²) in [6.07, 6.45) is -0.950. The van der Waals surface area contributed by atoms with Crippen LogP contribution in [0, 0.1) is 15.9 Å². The Balaban J connectivity index is 1.68. The number of esters is 1. The van der Waals surface area contributed by atoms with Crippen LogP contribution in [0.3, 0.4) is 0 Å². The van der Waals surface area contributed by atoms with E-state index in [1.807, 2.05) is 0 Å². The van der Waals surface area contributed by atoms with Gasteiger partial charge in [0, 0.05) is 23.3 Å². The molecule has 1 atom stereocenters. The van der Waals surface area contributed by atoms with E-state index in [2.05, 4.69) is 0 Å². The Kier molecular flexibility index (Phi) is 5.51. The van der Waals surface area contributed by atoms with E-state index in [0.717, 1.165) is 0 Å². The van der Waals surface area contributed by atoms with Gasteiger partial charge in [-0.25, -0.2) is 9.18 Å². The highest BCUT2D eigenvalue weighted by Gasteiger charge is 2.23. The van der Waals surface area contributed by atoms with Crippen molar-refractivity contribution in [2.75, 3.05) is 6.79 Å². The number of rotatable bonds is 6. The normalized spacial score (nSPS) is 13.9. The van der Waals surface area contributed by atoms with Crippen LogP contribution in [0.4, 0.5) is 10.1 Å². The van der Waals surface area contributed by atoms with Crippen molar-refractivity contribution in [1.29, 1.82) is 0 Å². The average Bonchev–Trinajstić information content (AvgIpc) is 2.67. The fourth-order valence-electron chi connectivity index (χ4n) is 2.53. The summed E-state index contributed by atoms with van der Waals surface area (Å²) in [6.45, 7) is 1.44. The highest BCUT2D eigenvalue weighted by molar-refractivity contribution is 5.74. The van der Waals surface area contributed by atoms with E-state index < -0.39 is 22.8 Å². The van der Waals surface area contributed by atoms with Crippen LogP contribution in [0.1, 0.15) is 18.1 Å². The molecule has 0 bridgehead atoms. The molecule has 3 rings (SSSR count). The van der Waals surface area contributed by atoms with E-state index in [-0.39, 0.29) is 25.7 Å². The standard InChI is InChI=1S/C18H16FNO7/c1-11(27-16-4-2-14(19)3-5-16)18(21)25-9-13-7-15(20(22)23)6-12-8-24-10-26-17(12)13/h2-7,11H,8-10H2,1H3/t11-/m1/s1. The summed E-state index contributed by atoms with van der Waals surface area (Å²) in [5, 5.41) is 11.1. The van der Waals surface area contributed by atoms with E-state index >= 15 is 0 Å². The maximum Gasteiger partial charge on any atom is 0.347 e. The van der Waals surface area contributed by atoms with Gasteiger partial charge in [-0.2, -0.15) is 0 Å². The van der Waals surface area contributed by atoms with Crippen LogP contribution in [0.5, 0.6) is 11.5 Å². The van der Waals surface area contributed by atoms with Gasteiger partial charge in [0.1, 0.15) is 23.9 Å². The number of ether oxygens (including phenoxy) is 4. The number of carbonyl (C=O) groups is 1. The first kappa shape index (κ1) is 18.6. The topological polar surface area (TPSA) is 97.1 Å². The fraction of sp³-hybridized carbons (Fsp3) is 0.278. The van der Waals surface area contributed by atoms with Gasteiger partial charge in [-0.05, 0) is 31.2 Å². The van der Waals surface area contributed by atoms with Crippen molar-refractivity contribution < 1.29 is 33.1 Å². The van der Waals surface area contributed by atoms with Crippen LogP contribution in [0.25, 0.3) is 0 Å². The van der Waals surface area contributed by atoms with Gasteiger partial charge in [-0.3, -0.25) is 10.1 Å². The molecule has 1 aliphatic heterocycles. The van der Waals surface area contributed by atoms with Gasteiger partial charge < -0.3 is 18.9 Å². The Morgan fingerprint density at radius 1 is 1.33 bits per heavy atom.